The van der Waals surface area contributed by atoms with E-state index in [0.29, 0.717) is 6.54 Å². The number of imidazole rings is 1. The minimum absolute atomic E-state index is 0.0388. The van der Waals surface area contributed by atoms with Gasteiger partial charge in [0.05, 0.1) is 11.9 Å². The Morgan fingerprint density at radius 2 is 1.82 bits per heavy atom. The first-order valence-corrected chi connectivity index (χ1v) is 6.60. The molecule has 0 aliphatic heterocycles. The van der Waals surface area contributed by atoms with Gasteiger partial charge >= 0.3 is 0 Å². The Morgan fingerprint density at radius 3 is 2.24 bits per heavy atom. The van der Waals surface area contributed by atoms with Crippen molar-refractivity contribution in [2.24, 2.45) is 11.1 Å². The molecule has 98 valence electrons. The third kappa shape index (κ3) is 3.09. The van der Waals surface area contributed by atoms with Crippen LogP contribution in [-0.2, 0) is 12.0 Å². The minimum Gasteiger partial charge on any atom is -0.328 e. The van der Waals surface area contributed by atoms with Crippen molar-refractivity contribution < 1.29 is 0 Å². The summed E-state index contributed by atoms with van der Waals surface area (Å²) in [5.41, 5.74) is 7.62. The van der Waals surface area contributed by atoms with E-state index < -0.39 is 0 Å². The monoisotopic (exact) mass is 237 g/mol. The topological polar surface area (TPSA) is 43.8 Å². The number of nitrogens with two attached hydrogens (primary N) is 1. The maximum Gasteiger partial charge on any atom is 0.0953 e. The Hall–Kier alpha value is -0.830. The number of aromatic nitrogens is 2. The van der Waals surface area contributed by atoms with E-state index in [0.717, 1.165) is 19.3 Å². The van der Waals surface area contributed by atoms with Crippen LogP contribution in [0.2, 0.25) is 0 Å². The molecule has 3 nitrogen and oxygen atoms in total. The predicted octanol–water partition coefficient (Wildman–Crippen LogP) is 2.95. The second-order valence-corrected chi connectivity index (χ2v) is 6.13. The molecule has 0 atom stereocenters. The molecule has 0 aromatic carbocycles. The molecule has 0 saturated carbocycles. The zero-order chi connectivity index (χ0) is 13.1. The average molecular weight is 237 g/mol. The fourth-order valence-corrected chi connectivity index (χ4v) is 2.40. The van der Waals surface area contributed by atoms with Crippen LogP contribution in [0.15, 0.2) is 12.5 Å². The molecule has 1 aromatic rings. The third-order valence-electron chi connectivity index (χ3n) is 3.63. The molecule has 0 aliphatic rings. The lowest BCUT2D eigenvalue weighted by molar-refractivity contribution is 0.256. The average Bonchev–Trinajstić information content (AvgIpc) is 2.68. The van der Waals surface area contributed by atoms with Gasteiger partial charge in [-0.25, -0.2) is 4.98 Å². The zero-order valence-corrected chi connectivity index (χ0v) is 12.0. The van der Waals surface area contributed by atoms with E-state index in [9.17, 15) is 0 Å². The van der Waals surface area contributed by atoms with Gasteiger partial charge in [0.15, 0.2) is 0 Å². The molecular formula is C14H27N3. The molecule has 3 heteroatoms. The smallest absolute Gasteiger partial charge is 0.0953 e. The first-order valence-electron chi connectivity index (χ1n) is 6.60. The summed E-state index contributed by atoms with van der Waals surface area (Å²) in [4.78, 5) is 4.32. The highest BCUT2D eigenvalue weighted by atomic mass is 15.1. The van der Waals surface area contributed by atoms with Gasteiger partial charge < -0.3 is 10.3 Å². The van der Waals surface area contributed by atoms with Gasteiger partial charge in [-0.3, -0.25) is 0 Å². The van der Waals surface area contributed by atoms with E-state index in [1.165, 1.54) is 5.69 Å². The van der Waals surface area contributed by atoms with Gasteiger partial charge in [-0.1, -0.05) is 34.6 Å². The highest BCUT2D eigenvalue weighted by Gasteiger charge is 2.29. The Balaban J connectivity index is 3.09. The van der Waals surface area contributed by atoms with Crippen molar-refractivity contribution in [1.82, 2.24) is 9.55 Å². The Labute approximate surface area is 105 Å². The molecule has 0 amide bonds. The van der Waals surface area contributed by atoms with Crippen LogP contribution < -0.4 is 5.73 Å². The minimum atomic E-state index is 0.0388. The van der Waals surface area contributed by atoms with Crippen molar-refractivity contribution in [1.29, 1.82) is 0 Å². The van der Waals surface area contributed by atoms with Crippen LogP contribution in [0.4, 0.5) is 0 Å². The second-order valence-electron chi connectivity index (χ2n) is 6.13. The van der Waals surface area contributed by atoms with Gasteiger partial charge in [-0.05, 0) is 24.7 Å². The second kappa shape index (κ2) is 5.21. The molecule has 0 spiro atoms. The highest BCUT2D eigenvalue weighted by molar-refractivity contribution is 5.07. The van der Waals surface area contributed by atoms with Crippen molar-refractivity contribution in [3.05, 3.63) is 18.2 Å². The lowest BCUT2D eigenvalue weighted by Crippen LogP contribution is -2.41. The van der Waals surface area contributed by atoms with Crippen molar-refractivity contribution >= 4 is 0 Å². The van der Waals surface area contributed by atoms with Crippen LogP contribution >= 0.6 is 0 Å². The predicted molar refractivity (Wildman–Crippen MR) is 73.0 cm³/mol. The molecule has 2 N–H and O–H groups in total. The lowest BCUT2D eigenvalue weighted by Gasteiger charge is -2.34. The van der Waals surface area contributed by atoms with E-state index >= 15 is 0 Å². The summed E-state index contributed by atoms with van der Waals surface area (Å²) in [5, 5.41) is 0. The summed E-state index contributed by atoms with van der Waals surface area (Å²) in [6.45, 7) is 11.9. The van der Waals surface area contributed by atoms with E-state index in [2.05, 4.69) is 44.2 Å². The molecule has 0 saturated heterocycles. The standard InChI is InChI=1S/C14H27N3/c1-6-14(7-2,10-15)17-11-16-9-12(17)8-13(3,4)5/h9,11H,6-8,10,15H2,1-5H3. The third-order valence-corrected chi connectivity index (χ3v) is 3.63. The van der Waals surface area contributed by atoms with Gasteiger partial charge in [0, 0.05) is 18.4 Å². The zero-order valence-electron chi connectivity index (χ0n) is 12.0. The maximum atomic E-state index is 6.00. The first-order chi connectivity index (χ1) is 7.88. The summed E-state index contributed by atoms with van der Waals surface area (Å²) < 4.78 is 2.30. The molecule has 1 aromatic heterocycles. The largest absolute Gasteiger partial charge is 0.328 e. The molecule has 0 radical (unpaired) electrons. The van der Waals surface area contributed by atoms with Crippen LogP contribution in [0.1, 0.15) is 53.2 Å². The number of hydrogen-bond donors (Lipinski definition) is 1. The Kier molecular flexibility index (Phi) is 4.36. The first kappa shape index (κ1) is 14.2. The summed E-state index contributed by atoms with van der Waals surface area (Å²) in [6.07, 6.45) is 7.07. The molecule has 0 bridgehead atoms. The normalized spacial score (nSPS) is 13.1. The van der Waals surface area contributed by atoms with Crippen LogP contribution in [0.5, 0.6) is 0 Å². The van der Waals surface area contributed by atoms with Crippen LogP contribution in [-0.4, -0.2) is 16.1 Å². The van der Waals surface area contributed by atoms with Gasteiger partial charge in [0.25, 0.3) is 0 Å². The van der Waals surface area contributed by atoms with E-state index in [1.54, 1.807) is 0 Å². The fraction of sp³-hybridized carbons (Fsp3) is 0.786. The summed E-state index contributed by atoms with van der Waals surface area (Å²) in [6, 6.07) is 0. The molecule has 0 unspecified atom stereocenters. The van der Waals surface area contributed by atoms with Gasteiger partial charge in [0.1, 0.15) is 0 Å². The van der Waals surface area contributed by atoms with Crippen LogP contribution in [0, 0.1) is 5.41 Å². The van der Waals surface area contributed by atoms with Crippen LogP contribution in [0.25, 0.3) is 0 Å². The lowest BCUT2D eigenvalue weighted by atomic mass is 9.88. The molecule has 1 heterocycles. The molecule has 1 rings (SSSR count). The number of nitrogens with zero attached hydrogens (tertiary/aromatic N) is 2. The summed E-state index contributed by atoms with van der Waals surface area (Å²) in [7, 11) is 0. The van der Waals surface area contributed by atoms with Gasteiger partial charge in [-0.2, -0.15) is 0 Å². The van der Waals surface area contributed by atoms with Crippen molar-refractivity contribution in [2.45, 2.75) is 59.4 Å². The number of rotatable bonds is 5. The van der Waals surface area contributed by atoms with Crippen molar-refractivity contribution in [2.75, 3.05) is 6.54 Å². The number of hydrogen-bond acceptors (Lipinski definition) is 2. The Morgan fingerprint density at radius 1 is 1.24 bits per heavy atom. The molecule has 0 fully saturated rings. The van der Waals surface area contributed by atoms with Crippen LogP contribution in [0.3, 0.4) is 0 Å². The summed E-state index contributed by atoms with van der Waals surface area (Å²) >= 11 is 0. The quantitative estimate of drug-likeness (QED) is 0.855. The van der Waals surface area contributed by atoms with Gasteiger partial charge in [0.2, 0.25) is 0 Å². The maximum absolute atomic E-state index is 6.00. The SMILES string of the molecule is CCC(CC)(CN)n1cncc1CC(C)(C)C. The summed E-state index contributed by atoms with van der Waals surface area (Å²) in [5.74, 6) is 0. The van der Waals surface area contributed by atoms with Gasteiger partial charge in [-0.15, -0.1) is 0 Å². The van der Waals surface area contributed by atoms with Crippen molar-refractivity contribution in [3.63, 3.8) is 0 Å². The molecular weight excluding hydrogens is 210 g/mol. The highest BCUT2D eigenvalue weighted by Crippen LogP contribution is 2.28. The van der Waals surface area contributed by atoms with Crippen molar-refractivity contribution in [3.8, 4) is 0 Å². The Bertz CT molecular complexity index is 334. The fourth-order valence-electron chi connectivity index (χ4n) is 2.40. The van der Waals surface area contributed by atoms with E-state index in [1.807, 2.05) is 12.5 Å². The molecule has 17 heavy (non-hydrogen) atoms. The van der Waals surface area contributed by atoms with E-state index in [-0.39, 0.29) is 11.0 Å². The molecule has 0 aliphatic carbocycles. The van der Waals surface area contributed by atoms with E-state index in [4.69, 9.17) is 5.73 Å².